The number of ether oxygens (including phenoxy) is 1. The third-order valence-electron chi connectivity index (χ3n) is 3.08. The average molecular weight is 265 g/mol. The molecule has 0 aliphatic heterocycles. The van der Waals surface area contributed by atoms with Gasteiger partial charge in [-0.1, -0.05) is 29.8 Å². The van der Waals surface area contributed by atoms with Crippen LogP contribution in [0.3, 0.4) is 0 Å². The first-order valence-corrected chi connectivity index (χ1v) is 6.27. The maximum Gasteiger partial charge on any atom is 0.143 e. The number of oxime groups is 1. The first-order valence-electron chi connectivity index (χ1n) is 6.27. The van der Waals surface area contributed by atoms with Crippen LogP contribution in [0.15, 0.2) is 23.4 Å². The van der Waals surface area contributed by atoms with Crippen LogP contribution in [-0.2, 0) is 6.54 Å². The van der Waals surface area contributed by atoms with Gasteiger partial charge in [0.1, 0.15) is 11.6 Å². The van der Waals surface area contributed by atoms with Crippen LogP contribution in [0.1, 0.15) is 18.1 Å². The summed E-state index contributed by atoms with van der Waals surface area (Å²) in [6.45, 7) is 5.46. The summed E-state index contributed by atoms with van der Waals surface area (Å²) in [5.74, 6) is 1.14. The molecule has 106 valence electrons. The highest BCUT2D eigenvalue weighted by molar-refractivity contribution is 5.82. The molecule has 0 heterocycles. The van der Waals surface area contributed by atoms with Crippen molar-refractivity contribution in [3.8, 4) is 5.75 Å². The van der Waals surface area contributed by atoms with Crippen molar-refractivity contribution < 1.29 is 9.94 Å². The van der Waals surface area contributed by atoms with E-state index in [2.05, 4.69) is 23.0 Å². The van der Waals surface area contributed by atoms with E-state index in [0.29, 0.717) is 6.54 Å². The molecule has 0 fully saturated rings. The fourth-order valence-corrected chi connectivity index (χ4v) is 2.05. The number of aryl methyl sites for hydroxylation is 1. The quantitative estimate of drug-likeness (QED) is 0.356. The van der Waals surface area contributed by atoms with Crippen LogP contribution in [0.25, 0.3) is 0 Å². The van der Waals surface area contributed by atoms with Gasteiger partial charge >= 0.3 is 0 Å². The summed E-state index contributed by atoms with van der Waals surface area (Å²) in [4.78, 5) is 2.12. The van der Waals surface area contributed by atoms with Crippen molar-refractivity contribution in [1.82, 2.24) is 4.90 Å². The van der Waals surface area contributed by atoms with Gasteiger partial charge in [-0.05, 0) is 20.0 Å². The summed E-state index contributed by atoms with van der Waals surface area (Å²) >= 11 is 0. The molecular formula is C14H23N3O2. The lowest BCUT2D eigenvalue weighted by Gasteiger charge is -2.21. The smallest absolute Gasteiger partial charge is 0.143 e. The molecule has 5 heteroatoms. The molecule has 0 spiro atoms. The fourth-order valence-electron chi connectivity index (χ4n) is 2.05. The minimum Gasteiger partial charge on any atom is -0.496 e. The molecule has 0 bridgehead atoms. The van der Waals surface area contributed by atoms with Crippen molar-refractivity contribution in [2.45, 2.75) is 20.4 Å². The van der Waals surface area contributed by atoms with E-state index < -0.39 is 0 Å². The van der Waals surface area contributed by atoms with Crippen molar-refractivity contribution in [3.05, 3.63) is 29.3 Å². The molecule has 1 atom stereocenters. The number of nitrogens with zero attached hydrogens (tertiary/aromatic N) is 2. The van der Waals surface area contributed by atoms with E-state index in [-0.39, 0.29) is 11.8 Å². The zero-order chi connectivity index (χ0) is 14.4. The summed E-state index contributed by atoms with van der Waals surface area (Å²) in [7, 11) is 3.68. The fraction of sp³-hybridized carbons (Fsp3) is 0.500. The summed E-state index contributed by atoms with van der Waals surface area (Å²) in [6.07, 6.45) is 0. The van der Waals surface area contributed by atoms with E-state index in [1.54, 1.807) is 7.11 Å². The summed E-state index contributed by atoms with van der Waals surface area (Å²) < 4.78 is 5.36. The molecule has 5 nitrogen and oxygen atoms in total. The zero-order valence-electron chi connectivity index (χ0n) is 12.1. The number of hydrogen-bond acceptors (Lipinski definition) is 4. The Morgan fingerprint density at radius 2 is 2.21 bits per heavy atom. The summed E-state index contributed by atoms with van der Waals surface area (Å²) in [5.41, 5.74) is 7.93. The molecule has 0 radical (unpaired) electrons. The van der Waals surface area contributed by atoms with Crippen LogP contribution in [0.5, 0.6) is 5.75 Å². The SMILES string of the molecule is COc1ccc(C)cc1CN(C)CC(C)C(N)=NO. The first-order chi connectivity index (χ1) is 8.97. The summed E-state index contributed by atoms with van der Waals surface area (Å²) in [5, 5.41) is 11.7. The maximum atomic E-state index is 8.65. The van der Waals surface area contributed by atoms with Crippen LogP contribution in [0.4, 0.5) is 0 Å². The van der Waals surface area contributed by atoms with Gasteiger partial charge in [0.05, 0.1) is 7.11 Å². The Bertz CT molecular complexity index is 446. The average Bonchev–Trinajstić information content (AvgIpc) is 2.37. The van der Waals surface area contributed by atoms with Gasteiger partial charge in [-0.25, -0.2) is 0 Å². The van der Waals surface area contributed by atoms with Crippen LogP contribution in [-0.4, -0.2) is 36.6 Å². The third kappa shape index (κ3) is 4.44. The van der Waals surface area contributed by atoms with Crippen LogP contribution >= 0.6 is 0 Å². The van der Waals surface area contributed by atoms with E-state index in [1.807, 2.05) is 26.1 Å². The Balaban J connectivity index is 2.71. The van der Waals surface area contributed by atoms with Crippen LogP contribution < -0.4 is 10.5 Å². The Labute approximate surface area is 114 Å². The lowest BCUT2D eigenvalue weighted by Crippen LogP contribution is -2.32. The molecule has 1 aromatic rings. The van der Waals surface area contributed by atoms with Gasteiger partial charge in [0.15, 0.2) is 0 Å². The van der Waals surface area contributed by atoms with Crippen molar-refractivity contribution >= 4 is 5.84 Å². The molecule has 0 amide bonds. The molecular weight excluding hydrogens is 242 g/mol. The molecule has 0 aliphatic rings. The predicted molar refractivity (Wildman–Crippen MR) is 76.6 cm³/mol. The summed E-state index contributed by atoms with van der Waals surface area (Å²) in [6, 6.07) is 6.12. The van der Waals surface area contributed by atoms with E-state index in [9.17, 15) is 0 Å². The van der Waals surface area contributed by atoms with Gasteiger partial charge in [0.25, 0.3) is 0 Å². The molecule has 1 aromatic carbocycles. The molecule has 0 aliphatic carbocycles. The molecule has 1 unspecified atom stereocenters. The predicted octanol–water partition coefficient (Wildman–Crippen LogP) is 1.82. The highest BCUT2D eigenvalue weighted by Crippen LogP contribution is 2.21. The van der Waals surface area contributed by atoms with Crippen LogP contribution in [0.2, 0.25) is 0 Å². The second-order valence-electron chi connectivity index (χ2n) is 4.94. The maximum absolute atomic E-state index is 8.65. The highest BCUT2D eigenvalue weighted by atomic mass is 16.5. The molecule has 0 saturated heterocycles. The number of hydrogen-bond donors (Lipinski definition) is 2. The minimum absolute atomic E-state index is 0.00537. The lowest BCUT2D eigenvalue weighted by atomic mass is 10.1. The molecule has 1 rings (SSSR count). The van der Waals surface area contributed by atoms with E-state index in [0.717, 1.165) is 17.9 Å². The standard InChI is InChI=1S/C14H23N3O2/c1-10-5-6-13(19-4)12(7-10)9-17(3)8-11(2)14(15)16-18/h5-7,11,18H,8-9H2,1-4H3,(H2,15,16). The monoisotopic (exact) mass is 265 g/mol. The molecule has 19 heavy (non-hydrogen) atoms. The molecule has 0 aromatic heterocycles. The van der Waals surface area contributed by atoms with Gasteiger partial charge < -0.3 is 20.6 Å². The van der Waals surface area contributed by atoms with Gasteiger partial charge in [0, 0.05) is 24.6 Å². The van der Waals surface area contributed by atoms with Crippen molar-refractivity contribution in [1.29, 1.82) is 0 Å². The largest absolute Gasteiger partial charge is 0.496 e. The normalized spacial score (nSPS) is 13.6. The third-order valence-corrected chi connectivity index (χ3v) is 3.08. The molecule has 0 saturated carbocycles. The number of benzene rings is 1. The second kappa shape index (κ2) is 6.99. The minimum atomic E-state index is 0.00537. The van der Waals surface area contributed by atoms with Gasteiger partial charge in [-0.2, -0.15) is 0 Å². The number of methoxy groups -OCH3 is 1. The van der Waals surface area contributed by atoms with E-state index in [4.69, 9.17) is 15.7 Å². The zero-order valence-corrected chi connectivity index (χ0v) is 12.1. The van der Waals surface area contributed by atoms with Gasteiger partial charge in [0.2, 0.25) is 0 Å². The Morgan fingerprint density at radius 3 is 2.79 bits per heavy atom. The Kier molecular flexibility index (Phi) is 5.63. The number of amidine groups is 1. The van der Waals surface area contributed by atoms with Crippen molar-refractivity contribution in [2.24, 2.45) is 16.8 Å². The number of rotatable bonds is 6. The van der Waals surface area contributed by atoms with E-state index >= 15 is 0 Å². The van der Waals surface area contributed by atoms with Crippen LogP contribution in [0, 0.1) is 12.8 Å². The van der Waals surface area contributed by atoms with Gasteiger partial charge in [-0.15, -0.1) is 0 Å². The van der Waals surface area contributed by atoms with Gasteiger partial charge in [-0.3, -0.25) is 0 Å². The first kappa shape index (κ1) is 15.3. The lowest BCUT2D eigenvalue weighted by molar-refractivity contribution is 0.287. The second-order valence-corrected chi connectivity index (χ2v) is 4.94. The van der Waals surface area contributed by atoms with Crippen molar-refractivity contribution in [3.63, 3.8) is 0 Å². The Hall–Kier alpha value is -1.75. The topological polar surface area (TPSA) is 71.1 Å². The Morgan fingerprint density at radius 1 is 1.53 bits per heavy atom. The highest BCUT2D eigenvalue weighted by Gasteiger charge is 2.13. The van der Waals surface area contributed by atoms with Crippen molar-refractivity contribution in [2.75, 3.05) is 20.7 Å². The van der Waals surface area contributed by atoms with E-state index in [1.165, 1.54) is 5.56 Å². The number of nitrogens with two attached hydrogens (primary N) is 1. The molecule has 3 N–H and O–H groups in total.